The highest BCUT2D eigenvalue weighted by molar-refractivity contribution is 5.00. The summed E-state index contributed by atoms with van der Waals surface area (Å²) in [6.45, 7) is 4.06. The van der Waals surface area contributed by atoms with Crippen molar-refractivity contribution >= 4 is 0 Å². The van der Waals surface area contributed by atoms with Gasteiger partial charge in [0, 0.05) is 13.2 Å². The predicted molar refractivity (Wildman–Crippen MR) is 51.1 cm³/mol. The highest BCUT2D eigenvalue weighted by Crippen LogP contribution is 1.98. The third kappa shape index (κ3) is 9.40. The van der Waals surface area contributed by atoms with Crippen LogP contribution in [-0.2, 0) is 4.74 Å². The van der Waals surface area contributed by atoms with Crippen LogP contribution < -0.4 is 0 Å². The minimum Gasteiger partial charge on any atom is -0.392 e. The van der Waals surface area contributed by atoms with Crippen LogP contribution in [0, 0.1) is 0 Å². The van der Waals surface area contributed by atoms with Crippen LogP contribution in [0.15, 0.2) is 24.3 Å². The van der Waals surface area contributed by atoms with E-state index in [2.05, 4.69) is 0 Å². The van der Waals surface area contributed by atoms with E-state index in [9.17, 15) is 0 Å². The van der Waals surface area contributed by atoms with Gasteiger partial charge < -0.3 is 9.84 Å². The lowest BCUT2D eigenvalue weighted by Gasteiger charge is -1.76. The van der Waals surface area contributed by atoms with Gasteiger partial charge in [0.2, 0.25) is 0 Å². The monoisotopic (exact) mass is 170 g/mol. The van der Waals surface area contributed by atoms with Crippen LogP contribution in [0.5, 0.6) is 0 Å². The molecule has 70 valence electrons. The molecular weight excluding hydrogens is 152 g/mol. The zero-order valence-corrected chi connectivity index (χ0v) is 7.70. The maximum atomic E-state index is 8.17. The molecule has 0 aromatic rings. The molecule has 2 nitrogen and oxygen atoms in total. The quantitative estimate of drug-likeness (QED) is 0.641. The second kappa shape index (κ2) is 10.4. The van der Waals surface area contributed by atoms with E-state index in [0.29, 0.717) is 0 Å². The molecule has 1 saturated heterocycles. The normalized spacial score (nSPS) is 16.8. The highest BCUT2D eigenvalue weighted by atomic mass is 16.5. The third-order valence-corrected chi connectivity index (χ3v) is 1.37. The Morgan fingerprint density at radius 2 is 1.92 bits per heavy atom. The number of hydrogen-bond donors (Lipinski definition) is 1. The minimum atomic E-state index is 0.129. The topological polar surface area (TPSA) is 29.5 Å². The molecule has 0 radical (unpaired) electrons. The fraction of sp³-hybridized carbons (Fsp3) is 0.600. The fourth-order valence-electron chi connectivity index (χ4n) is 0.761. The standard InChI is InChI=1S/C6H10O.C4H8O/c1-2-3-4-5-6-7;1-2-4-5-3-1/h2-5,7H,6H2,1H3;1-4H2/b3-2+,5-4+;. The van der Waals surface area contributed by atoms with Gasteiger partial charge in [-0.3, -0.25) is 0 Å². The Balaban J connectivity index is 0.000000211. The lowest BCUT2D eigenvalue weighted by atomic mass is 10.4. The van der Waals surface area contributed by atoms with Crippen molar-refractivity contribution in [2.24, 2.45) is 0 Å². The summed E-state index contributed by atoms with van der Waals surface area (Å²) in [5.74, 6) is 0. The summed E-state index contributed by atoms with van der Waals surface area (Å²) in [6, 6.07) is 0. The molecule has 1 heterocycles. The van der Waals surface area contributed by atoms with E-state index in [1.54, 1.807) is 12.2 Å². The Morgan fingerprint density at radius 3 is 2.25 bits per heavy atom. The van der Waals surface area contributed by atoms with Gasteiger partial charge in [0.15, 0.2) is 0 Å². The zero-order chi connectivity index (χ0) is 9.07. The summed E-state index contributed by atoms with van der Waals surface area (Å²) in [5, 5.41) is 8.17. The summed E-state index contributed by atoms with van der Waals surface area (Å²) in [6.07, 6.45) is 9.82. The van der Waals surface area contributed by atoms with Crippen LogP contribution in [0.2, 0.25) is 0 Å². The molecule has 0 amide bonds. The molecule has 1 rings (SSSR count). The van der Waals surface area contributed by atoms with Gasteiger partial charge in [0.1, 0.15) is 0 Å². The number of rotatable bonds is 2. The first-order chi connectivity index (χ1) is 5.91. The molecule has 0 aromatic heterocycles. The molecule has 0 atom stereocenters. The van der Waals surface area contributed by atoms with E-state index < -0.39 is 0 Å². The Kier molecular flexibility index (Phi) is 9.88. The molecule has 1 N–H and O–H groups in total. The van der Waals surface area contributed by atoms with Gasteiger partial charge in [-0.25, -0.2) is 0 Å². The van der Waals surface area contributed by atoms with Gasteiger partial charge in [-0.15, -0.1) is 0 Å². The Morgan fingerprint density at radius 1 is 1.25 bits per heavy atom. The van der Waals surface area contributed by atoms with Crippen molar-refractivity contribution in [1.82, 2.24) is 0 Å². The first kappa shape index (κ1) is 11.4. The van der Waals surface area contributed by atoms with Crippen LogP contribution in [0.4, 0.5) is 0 Å². The van der Waals surface area contributed by atoms with E-state index in [0.717, 1.165) is 13.2 Å². The smallest absolute Gasteiger partial charge is 0.0615 e. The van der Waals surface area contributed by atoms with E-state index in [-0.39, 0.29) is 6.61 Å². The molecule has 0 unspecified atom stereocenters. The number of allylic oxidation sites excluding steroid dienone is 3. The SMILES string of the molecule is C/C=C/C=C/CO.C1CCOC1. The summed E-state index contributed by atoms with van der Waals surface area (Å²) in [5.41, 5.74) is 0. The molecule has 0 saturated carbocycles. The largest absolute Gasteiger partial charge is 0.392 e. The van der Waals surface area contributed by atoms with Crippen LogP contribution >= 0.6 is 0 Å². The number of aliphatic hydroxyl groups excluding tert-OH is 1. The summed E-state index contributed by atoms with van der Waals surface area (Å²) in [4.78, 5) is 0. The highest BCUT2D eigenvalue weighted by Gasteiger charge is 1.94. The third-order valence-electron chi connectivity index (χ3n) is 1.37. The molecule has 1 fully saturated rings. The molecule has 0 aliphatic carbocycles. The van der Waals surface area contributed by atoms with Gasteiger partial charge in [0.05, 0.1) is 6.61 Å². The summed E-state index contributed by atoms with van der Waals surface area (Å²) in [7, 11) is 0. The molecule has 1 aliphatic rings. The Labute approximate surface area is 74.6 Å². The molecule has 12 heavy (non-hydrogen) atoms. The maximum absolute atomic E-state index is 8.17. The fourth-order valence-corrected chi connectivity index (χ4v) is 0.761. The molecule has 0 bridgehead atoms. The summed E-state index contributed by atoms with van der Waals surface area (Å²) < 4.78 is 4.94. The van der Waals surface area contributed by atoms with E-state index in [1.165, 1.54) is 12.8 Å². The van der Waals surface area contributed by atoms with Crippen LogP contribution in [0.1, 0.15) is 19.8 Å². The van der Waals surface area contributed by atoms with Gasteiger partial charge in [-0.2, -0.15) is 0 Å². The van der Waals surface area contributed by atoms with Gasteiger partial charge >= 0.3 is 0 Å². The van der Waals surface area contributed by atoms with Crippen molar-refractivity contribution in [2.75, 3.05) is 19.8 Å². The average molecular weight is 170 g/mol. The average Bonchev–Trinajstić information content (AvgIpc) is 2.62. The maximum Gasteiger partial charge on any atom is 0.0615 e. The molecule has 2 heteroatoms. The van der Waals surface area contributed by atoms with E-state index >= 15 is 0 Å². The number of aliphatic hydroxyl groups is 1. The van der Waals surface area contributed by atoms with Gasteiger partial charge in [-0.05, 0) is 19.8 Å². The van der Waals surface area contributed by atoms with Crippen molar-refractivity contribution < 1.29 is 9.84 Å². The second-order valence-electron chi connectivity index (χ2n) is 2.46. The minimum absolute atomic E-state index is 0.129. The van der Waals surface area contributed by atoms with Crippen LogP contribution in [0.25, 0.3) is 0 Å². The van der Waals surface area contributed by atoms with E-state index in [1.807, 2.05) is 19.1 Å². The van der Waals surface area contributed by atoms with Gasteiger partial charge in [0.25, 0.3) is 0 Å². The van der Waals surface area contributed by atoms with Crippen molar-refractivity contribution in [3.63, 3.8) is 0 Å². The lowest BCUT2D eigenvalue weighted by Crippen LogP contribution is -1.74. The molecule has 1 aliphatic heterocycles. The van der Waals surface area contributed by atoms with Gasteiger partial charge in [-0.1, -0.05) is 24.3 Å². The Bertz CT molecular complexity index is 116. The summed E-state index contributed by atoms with van der Waals surface area (Å²) >= 11 is 0. The predicted octanol–water partition coefficient (Wildman–Crippen LogP) is 1.91. The van der Waals surface area contributed by atoms with Crippen LogP contribution in [-0.4, -0.2) is 24.9 Å². The van der Waals surface area contributed by atoms with Crippen molar-refractivity contribution in [3.05, 3.63) is 24.3 Å². The second-order valence-corrected chi connectivity index (χ2v) is 2.46. The molecular formula is C10H18O2. The van der Waals surface area contributed by atoms with Crippen molar-refractivity contribution in [3.8, 4) is 0 Å². The first-order valence-electron chi connectivity index (χ1n) is 4.38. The van der Waals surface area contributed by atoms with Crippen molar-refractivity contribution in [1.29, 1.82) is 0 Å². The Hall–Kier alpha value is -0.600. The molecule has 0 aromatic carbocycles. The zero-order valence-electron chi connectivity index (χ0n) is 7.70. The number of hydrogen-bond acceptors (Lipinski definition) is 2. The lowest BCUT2D eigenvalue weighted by molar-refractivity contribution is 0.198. The van der Waals surface area contributed by atoms with Crippen LogP contribution in [0.3, 0.4) is 0 Å². The first-order valence-corrected chi connectivity index (χ1v) is 4.38. The van der Waals surface area contributed by atoms with Crippen molar-refractivity contribution in [2.45, 2.75) is 19.8 Å². The van der Waals surface area contributed by atoms with E-state index in [4.69, 9.17) is 9.84 Å². The number of ether oxygens (including phenoxy) is 1. The molecule has 0 spiro atoms.